The number of aromatic nitrogens is 1. The molecule has 0 aliphatic rings. The van der Waals surface area contributed by atoms with E-state index < -0.39 is 16.0 Å². The summed E-state index contributed by atoms with van der Waals surface area (Å²) in [5, 5.41) is 12.1. The number of carboxylic acids is 1. The number of halogens is 2. The van der Waals surface area contributed by atoms with Gasteiger partial charge in [-0.1, -0.05) is 23.2 Å². The lowest BCUT2D eigenvalue weighted by molar-refractivity contribution is -0.136. The maximum absolute atomic E-state index is 13.2. The van der Waals surface area contributed by atoms with E-state index in [-0.39, 0.29) is 21.4 Å². The number of rotatable bonds is 4. The number of thiophene rings is 1. The molecule has 0 fully saturated rings. The highest BCUT2D eigenvalue weighted by atomic mass is 35.5. The third-order valence-electron chi connectivity index (χ3n) is 3.89. The molecule has 0 aliphatic heterocycles. The van der Waals surface area contributed by atoms with Crippen LogP contribution in [0.5, 0.6) is 0 Å². The smallest absolute Gasteiger partial charge is 0.307 e. The second-order valence-corrected chi connectivity index (χ2v) is 9.13. The van der Waals surface area contributed by atoms with Gasteiger partial charge in [-0.05, 0) is 48.6 Å². The molecular weight excluding hydrogens is 405 g/mol. The van der Waals surface area contributed by atoms with Crippen LogP contribution in [-0.2, 0) is 21.2 Å². The van der Waals surface area contributed by atoms with Crippen molar-refractivity contribution in [1.82, 2.24) is 3.97 Å². The number of hydrogen-bond acceptors (Lipinski definition) is 4. The number of hydrogen-bond donors (Lipinski definition) is 1. The molecule has 0 unspecified atom stereocenters. The van der Waals surface area contributed by atoms with Gasteiger partial charge in [-0.15, -0.1) is 11.3 Å². The normalized spacial score (nSPS) is 12.0. The highest BCUT2D eigenvalue weighted by Crippen LogP contribution is 2.37. The van der Waals surface area contributed by atoms with E-state index >= 15 is 0 Å². The Balaban J connectivity index is 2.35. The topological polar surface area (TPSA) is 76.4 Å². The quantitative estimate of drug-likeness (QED) is 0.677. The van der Waals surface area contributed by atoms with Crippen LogP contribution in [0, 0.1) is 13.8 Å². The zero-order chi connectivity index (χ0) is 18.5. The maximum atomic E-state index is 13.2. The van der Waals surface area contributed by atoms with Crippen LogP contribution in [0.1, 0.15) is 16.8 Å². The van der Waals surface area contributed by atoms with Gasteiger partial charge in [-0.25, -0.2) is 12.4 Å². The summed E-state index contributed by atoms with van der Waals surface area (Å²) in [6, 6.07) is 4.10. The van der Waals surface area contributed by atoms with Gasteiger partial charge in [-0.3, -0.25) is 4.79 Å². The molecule has 1 N–H and O–H groups in total. The minimum Gasteiger partial charge on any atom is -0.481 e. The summed E-state index contributed by atoms with van der Waals surface area (Å²) >= 11 is 13.2. The standard InChI is InChI=1S/C16H13Cl2NO4S2/c1-8-7-24-16-15(8)13(6-14(20)21)9(2)19(16)25(22,23)12-4-10(17)3-11(18)5-12/h3-5,7H,6H2,1-2H3,(H,20,21). The van der Waals surface area contributed by atoms with E-state index in [9.17, 15) is 18.3 Å². The lowest BCUT2D eigenvalue weighted by Gasteiger charge is -2.10. The highest BCUT2D eigenvalue weighted by molar-refractivity contribution is 7.90. The Morgan fingerprint density at radius 3 is 2.36 bits per heavy atom. The summed E-state index contributed by atoms with van der Waals surface area (Å²) in [6.45, 7) is 3.44. The Hall–Kier alpha value is -1.54. The summed E-state index contributed by atoms with van der Waals surface area (Å²) in [6.07, 6.45) is -0.251. The number of fused-ring (bicyclic) bond motifs is 1. The summed E-state index contributed by atoms with van der Waals surface area (Å²) < 4.78 is 27.6. The zero-order valence-corrected chi connectivity index (χ0v) is 16.4. The second-order valence-electron chi connectivity index (χ2n) is 5.61. The molecule has 0 saturated carbocycles. The predicted molar refractivity (Wildman–Crippen MR) is 99.7 cm³/mol. The van der Waals surface area contributed by atoms with E-state index in [4.69, 9.17) is 23.2 Å². The Morgan fingerprint density at radius 2 is 1.80 bits per heavy atom. The van der Waals surface area contributed by atoms with Crippen LogP contribution in [0.25, 0.3) is 10.2 Å². The number of carbonyl (C=O) groups is 1. The van der Waals surface area contributed by atoms with Crippen LogP contribution in [-0.4, -0.2) is 23.5 Å². The average Bonchev–Trinajstić information content (AvgIpc) is 2.97. The summed E-state index contributed by atoms with van der Waals surface area (Å²) in [7, 11) is -3.98. The van der Waals surface area contributed by atoms with Crippen molar-refractivity contribution in [3.63, 3.8) is 0 Å². The van der Waals surface area contributed by atoms with E-state index in [1.807, 2.05) is 12.3 Å². The molecule has 3 rings (SSSR count). The van der Waals surface area contributed by atoms with Gasteiger partial charge in [0, 0.05) is 21.1 Å². The molecule has 0 bridgehead atoms. The van der Waals surface area contributed by atoms with Gasteiger partial charge in [0.05, 0.1) is 11.3 Å². The SMILES string of the molecule is Cc1csc2c1c(CC(=O)O)c(C)n2S(=O)(=O)c1cc(Cl)cc(Cl)c1. The van der Waals surface area contributed by atoms with Crippen molar-refractivity contribution in [2.24, 2.45) is 0 Å². The maximum Gasteiger partial charge on any atom is 0.307 e. The number of carboxylic acid groups (broad SMARTS) is 1. The number of aryl methyl sites for hydroxylation is 1. The van der Waals surface area contributed by atoms with Gasteiger partial charge in [0.2, 0.25) is 0 Å². The van der Waals surface area contributed by atoms with Gasteiger partial charge in [0.25, 0.3) is 10.0 Å². The first kappa shape index (κ1) is 18.3. The first-order chi connectivity index (χ1) is 11.6. The fourth-order valence-electron chi connectivity index (χ4n) is 2.84. The molecule has 5 nitrogen and oxygen atoms in total. The fourth-order valence-corrected chi connectivity index (χ4v) is 6.51. The molecule has 0 aliphatic carbocycles. The van der Waals surface area contributed by atoms with Gasteiger partial charge < -0.3 is 5.11 Å². The van der Waals surface area contributed by atoms with Gasteiger partial charge >= 0.3 is 5.97 Å². The largest absolute Gasteiger partial charge is 0.481 e. The van der Waals surface area contributed by atoms with E-state index in [1.165, 1.54) is 33.5 Å². The van der Waals surface area contributed by atoms with Gasteiger partial charge in [0.1, 0.15) is 4.83 Å². The minimum atomic E-state index is -3.98. The Bertz CT molecular complexity index is 1090. The molecule has 2 heterocycles. The fraction of sp³-hybridized carbons (Fsp3) is 0.188. The molecule has 9 heteroatoms. The Labute approximate surface area is 158 Å². The summed E-state index contributed by atoms with van der Waals surface area (Å²) in [4.78, 5) is 11.7. The Morgan fingerprint density at radius 1 is 1.20 bits per heavy atom. The summed E-state index contributed by atoms with van der Waals surface area (Å²) in [5.74, 6) is -1.02. The molecule has 3 aromatic rings. The van der Waals surface area contributed by atoms with Crippen molar-refractivity contribution in [1.29, 1.82) is 0 Å². The lowest BCUT2D eigenvalue weighted by Crippen LogP contribution is -2.15. The molecule has 0 radical (unpaired) electrons. The zero-order valence-electron chi connectivity index (χ0n) is 13.2. The lowest BCUT2D eigenvalue weighted by atomic mass is 10.1. The molecule has 1 aromatic carbocycles. The van der Waals surface area contributed by atoms with Gasteiger partial charge in [-0.2, -0.15) is 0 Å². The minimum absolute atomic E-state index is 0.0436. The van der Waals surface area contributed by atoms with E-state index in [0.29, 0.717) is 21.5 Å². The molecular formula is C16H13Cl2NO4S2. The van der Waals surface area contributed by atoms with Crippen LogP contribution in [0.15, 0.2) is 28.5 Å². The van der Waals surface area contributed by atoms with E-state index in [1.54, 1.807) is 6.92 Å². The number of nitrogens with zero attached hydrogens (tertiary/aromatic N) is 1. The first-order valence-corrected chi connectivity index (χ1v) is 10.2. The molecule has 0 spiro atoms. The molecule has 0 saturated heterocycles. The van der Waals surface area contributed by atoms with Crippen LogP contribution in [0.2, 0.25) is 10.0 Å². The van der Waals surface area contributed by atoms with Crippen molar-refractivity contribution < 1.29 is 18.3 Å². The van der Waals surface area contributed by atoms with Gasteiger partial charge in [0.15, 0.2) is 0 Å². The van der Waals surface area contributed by atoms with Crippen LogP contribution in [0.3, 0.4) is 0 Å². The van der Waals surface area contributed by atoms with E-state index in [2.05, 4.69) is 0 Å². The van der Waals surface area contributed by atoms with Crippen molar-refractivity contribution in [2.75, 3.05) is 0 Å². The van der Waals surface area contributed by atoms with Crippen LogP contribution < -0.4 is 0 Å². The van der Waals surface area contributed by atoms with Crippen molar-refractivity contribution in [3.8, 4) is 0 Å². The van der Waals surface area contributed by atoms with E-state index in [0.717, 1.165) is 5.56 Å². The predicted octanol–water partition coefficient (Wildman–Crippen LogP) is 4.49. The molecule has 25 heavy (non-hydrogen) atoms. The third-order valence-corrected chi connectivity index (χ3v) is 7.29. The third kappa shape index (κ3) is 3.06. The van der Waals surface area contributed by atoms with Crippen molar-refractivity contribution >= 4 is 60.7 Å². The average molecular weight is 418 g/mol. The highest BCUT2D eigenvalue weighted by Gasteiger charge is 2.28. The molecule has 132 valence electrons. The van der Waals surface area contributed by atoms with Crippen molar-refractivity contribution in [2.45, 2.75) is 25.2 Å². The monoisotopic (exact) mass is 417 g/mol. The first-order valence-electron chi connectivity index (χ1n) is 7.14. The van der Waals surface area contributed by atoms with Crippen molar-refractivity contribution in [3.05, 3.63) is 50.4 Å². The molecule has 0 atom stereocenters. The molecule has 0 amide bonds. The molecule has 2 aromatic heterocycles. The number of aliphatic carboxylic acids is 1. The second kappa shape index (κ2) is 6.32. The Kier molecular flexibility index (Phi) is 4.61. The summed E-state index contributed by atoms with van der Waals surface area (Å²) in [5.41, 5.74) is 1.72. The van der Waals surface area contributed by atoms with Crippen LogP contribution >= 0.6 is 34.5 Å². The number of benzene rings is 1. The van der Waals surface area contributed by atoms with Crippen LogP contribution in [0.4, 0.5) is 0 Å².